The minimum atomic E-state index is -0.446. The maximum Gasteiger partial charge on any atom is 0.302 e. The van der Waals surface area contributed by atoms with Crippen molar-refractivity contribution in [1.82, 2.24) is 0 Å². The smallest absolute Gasteiger partial charge is 0.302 e. The van der Waals surface area contributed by atoms with Crippen molar-refractivity contribution in [3.8, 4) is 11.5 Å². The molecular weight excluding hydrogens is 494 g/mol. The van der Waals surface area contributed by atoms with Crippen LogP contribution in [0.2, 0.25) is 0 Å². The summed E-state index contributed by atoms with van der Waals surface area (Å²) in [5, 5.41) is 10.1. The second-order valence-electron chi connectivity index (χ2n) is 10.2. The van der Waals surface area contributed by atoms with Crippen molar-refractivity contribution >= 4 is 39.6 Å². The highest BCUT2D eigenvalue weighted by atomic mass is 33.1. The topological polar surface area (TPSA) is 85.2 Å². The minimum Gasteiger partial charge on any atom is -0.504 e. The summed E-state index contributed by atoms with van der Waals surface area (Å²) in [4.78, 5) is 30.3. The van der Waals surface area contributed by atoms with E-state index in [9.17, 15) is 14.7 Å². The normalized spacial score (nSPS) is 31.2. The van der Waals surface area contributed by atoms with Crippen LogP contribution in [0, 0.1) is 17.3 Å². The van der Waals surface area contributed by atoms with Gasteiger partial charge in [0.25, 0.3) is 0 Å². The molecule has 0 amide bonds. The molecule has 0 spiro atoms. The molecule has 0 aromatic heterocycles. The molecule has 6 nitrogen and oxygen atoms in total. The first-order chi connectivity index (χ1) is 17.4. The molecule has 2 fully saturated rings. The van der Waals surface area contributed by atoms with E-state index in [1.165, 1.54) is 19.6 Å². The zero-order valence-corrected chi connectivity index (χ0v) is 23.0. The predicted molar refractivity (Wildman–Crippen MR) is 147 cm³/mol. The number of hydrogen-bond donors (Lipinski definition) is 1. The first kappa shape index (κ1) is 27.1. The van der Waals surface area contributed by atoms with Crippen LogP contribution in [0.1, 0.15) is 63.9 Å². The second kappa shape index (κ2) is 12.1. The molecule has 8 heteroatoms. The van der Waals surface area contributed by atoms with Gasteiger partial charge in [-0.05, 0) is 48.4 Å². The molecule has 0 radical (unpaired) electrons. The van der Waals surface area contributed by atoms with Gasteiger partial charge in [0.2, 0.25) is 0 Å². The number of carbonyl (C=O) groups is 2. The van der Waals surface area contributed by atoms with Gasteiger partial charge < -0.3 is 14.6 Å². The number of hydrogen-bond acceptors (Lipinski definition) is 8. The summed E-state index contributed by atoms with van der Waals surface area (Å²) in [6.45, 7) is 4.37. The molecule has 1 saturated heterocycles. The van der Waals surface area contributed by atoms with E-state index in [4.69, 9.17) is 9.47 Å². The molecule has 1 saturated carbocycles. The van der Waals surface area contributed by atoms with Crippen molar-refractivity contribution in [1.29, 1.82) is 0 Å². The SMILES string of the molecule is CC[C@@H]1CC[C@@]2(C3=CCN=C3)CSSC[C@@H](c3ccc(O)c(OC)c3)CC(=O)C[C@H](OC(C)=O)[C@@H]2C1. The van der Waals surface area contributed by atoms with Gasteiger partial charge in [0.05, 0.1) is 13.7 Å². The van der Waals surface area contributed by atoms with E-state index in [2.05, 4.69) is 18.0 Å². The number of allylic oxidation sites excluding steroid dienone is 1. The van der Waals surface area contributed by atoms with Gasteiger partial charge in [0, 0.05) is 54.7 Å². The second-order valence-corrected chi connectivity index (χ2v) is 12.7. The Labute approximate surface area is 222 Å². The molecule has 36 heavy (non-hydrogen) atoms. The van der Waals surface area contributed by atoms with Crippen molar-refractivity contribution < 1.29 is 24.2 Å². The van der Waals surface area contributed by atoms with Gasteiger partial charge in [-0.3, -0.25) is 14.6 Å². The van der Waals surface area contributed by atoms with Crippen molar-refractivity contribution in [3.05, 3.63) is 35.4 Å². The zero-order chi connectivity index (χ0) is 25.7. The number of phenolic OH excluding ortho intramolecular Hbond substituents is 1. The number of nitrogens with zero attached hydrogens (tertiary/aromatic N) is 1. The van der Waals surface area contributed by atoms with Crippen LogP contribution in [0.4, 0.5) is 0 Å². The molecule has 1 aromatic rings. The fourth-order valence-electron chi connectivity index (χ4n) is 6.10. The molecule has 3 aliphatic rings. The Bertz CT molecular complexity index is 1030. The predicted octanol–water partition coefficient (Wildman–Crippen LogP) is 5.98. The van der Waals surface area contributed by atoms with Crippen LogP contribution in [-0.2, 0) is 14.3 Å². The molecule has 2 heterocycles. The summed E-state index contributed by atoms with van der Waals surface area (Å²) in [5.41, 5.74) is 2.06. The van der Waals surface area contributed by atoms with E-state index in [1.54, 1.807) is 16.9 Å². The minimum absolute atomic E-state index is 0.0193. The van der Waals surface area contributed by atoms with Crippen LogP contribution < -0.4 is 4.74 Å². The number of rotatable bonds is 5. The zero-order valence-electron chi connectivity index (χ0n) is 21.4. The molecule has 196 valence electrons. The number of methoxy groups -OCH3 is 1. The van der Waals surface area contributed by atoms with Crippen LogP contribution in [0.15, 0.2) is 34.8 Å². The van der Waals surface area contributed by atoms with E-state index in [0.29, 0.717) is 24.6 Å². The Hall–Kier alpha value is -1.93. The van der Waals surface area contributed by atoms with Crippen LogP contribution >= 0.6 is 21.6 Å². The van der Waals surface area contributed by atoms with Gasteiger partial charge in [-0.1, -0.05) is 47.1 Å². The quantitative estimate of drug-likeness (QED) is 0.369. The number of aromatic hydroxyl groups is 1. The number of fused-ring (bicyclic) bond motifs is 1. The molecule has 4 rings (SSSR count). The molecule has 1 aliphatic carbocycles. The Balaban J connectivity index is 1.69. The molecule has 0 unspecified atom stereocenters. The Morgan fingerprint density at radius 1 is 1.28 bits per heavy atom. The van der Waals surface area contributed by atoms with Crippen molar-refractivity contribution in [2.75, 3.05) is 25.2 Å². The third-order valence-electron chi connectivity index (χ3n) is 8.11. The maximum absolute atomic E-state index is 13.5. The maximum atomic E-state index is 13.5. The summed E-state index contributed by atoms with van der Waals surface area (Å²) in [6, 6.07) is 5.33. The third-order valence-corrected chi connectivity index (χ3v) is 10.7. The third kappa shape index (κ3) is 5.96. The monoisotopic (exact) mass is 531 g/mol. The number of ether oxygens (including phenoxy) is 2. The summed E-state index contributed by atoms with van der Waals surface area (Å²) in [5.74, 6) is 2.57. The summed E-state index contributed by atoms with van der Waals surface area (Å²) in [7, 11) is 5.19. The average molecular weight is 532 g/mol. The van der Waals surface area contributed by atoms with E-state index in [1.807, 2.05) is 29.1 Å². The lowest BCUT2D eigenvalue weighted by Crippen LogP contribution is -2.48. The van der Waals surface area contributed by atoms with Crippen LogP contribution in [-0.4, -0.2) is 54.3 Å². The van der Waals surface area contributed by atoms with Crippen molar-refractivity contribution in [3.63, 3.8) is 0 Å². The summed E-state index contributed by atoms with van der Waals surface area (Å²) < 4.78 is 11.3. The lowest BCUT2D eigenvalue weighted by molar-refractivity contribution is -0.154. The van der Waals surface area contributed by atoms with Gasteiger partial charge in [0.1, 0.15) is 11.9 Å². The number of aliphatic imine (C=N–C) groups is 1. The number of phenols is 1. The van der Waals surface area contributed by atoms with E-state index < -0.39 is 6.10 Å². The van der Waals surface area contributed by atoms with E-state index in [-0.39, 0.29) is 41.2 Å². The summed E-state index contributed by atoms with van der Waals surface area (Å²) >= 11 is 0. The van der Waals surface area contributed by atoms with Crippen molar-refractivity contribution in [2.45, 2.75) is 64.4 Å². The van der Waals surface area contributed by atoms with Crippen molar-refractivity contribution in [2.24, 2.45) is 22.2 Å². The molecule has 2 aliphatic heterocycles. The fraction of sp³-hybridized carbons (Fsp3) is 0.607. The molecule has 1 N–H and O–H groups in total. The number of benzene rings is 1. The van der Waals surface area contributed by atoms with E-state index in [0.717, 1.165) is 42.8 Å². The summed E-state index contributed by atoms with van der Waals surface area (Å²) in [6.07, 6.45) is 8.59. The fourth-order valence-corrected chi connectivity index (χ4v) is 9.15. The standard InChI is InChI=1S/C28H37NO5S2/c1-4-19-7-9-28(22-8-10-29-15-22)17-36-35-16-21(20-5-6-25(32)27(13-20)33-3)12-23(31)14-26(24(28)11-19)34-18(2)30/h5-6,8,13,15,19,21,24,26,32H,4,7,9-12,14,16-17H2,1-3H3/t19-,21+,24+,26+,28+/m1/s1. The van der Waals surface area contributed by atoms with E-state index >= 15 is 0 Å². The van der Waals surface area contributed by atoms with Gasteiger partial charge in [0.15, 0.2) is 11.5 Å². The number of ketones is 1. The van der Waals surface area contributed by atoms with Gasteiger partial charge in [-0.25, -0.2) is 0 Å². The lowest BCUT2D eigenvalue weighted by Gasteiger charge is -2.49. The Morgan fingerprint density at radius 2 is 2.11 bits per heavy atom. The largest absolute Gasteiger partial charge is 0.504 e. The number of esters is 1. The molecular formula is C28H37NO5S2. The first-order valence-electron chi connectivity index (χ1n) is 12.9. The lowest BCUT2D eigenvalue weighted by atomic mass is 9.58. The molecule has 5 atom stereocenters. The average Bonchev–Trinajstić information content (AvgIpc) is 3.40. The molecule has 1 aromatic carbocycles. The highest BCUT2D eigenvalue weighted by Gasteiger charge is 2.50. The number of carbonyl (C=O) groups excluding carboxylic acids is 2. The van der Waals surface area contributed by atoms with Gasteiger partial charge >= 0.3 is 5.97 Å². The molecule has 0 bridgehead atoms. The van der Waals surface area contributed by atoms with Crippen LogP contribution in [0.25, 0.3) is 0 Å². The van der Waals surface area contributed by atoms with Crippen LogP contribution in [0.3, 0.4) is 0 Å². The highest BCUT2D eigenvalue weighted by Crippen LogP contribution is 2.55. The van der Waals surface area contributed by atoms with Crippen LogP contribution in [0.5, 0.6) is 11.5 Å². The number of Topliss-reactive ketones (excluding diaryl/α,β-unsaturated/α-hetero) is 1. The Kier molecular flexibility index (Phi) is 9.10. The van der Waals surface area contributed by atoms with Gasteiger partial charge in [-0.2, -0.15) is 0 Å². The first-order valence-corrected chi connectivity index (χ1v) is 15.4. The van der Waals surface area contributed by atoms with Gasteiger partial charge in [-0.15, -0.1) is 0 Å². The highest BCUT2D eigenvalue weighted by molar-refractivity contribution is 8.76. The Morgan fingerprint density at radius 3 is 2.81 bits per heavy atom.